The molecule has 0 aliphatic carbocycles. The van der Waals surface area contributed by atoms with Gasteiger partial charge in [0.05, 0.1) is 11.4 Å². The molecule has 3 N–H and O–H groups in total. The fraction of sp³-hybridized carbons (Fsp3) is 0.0952. The molecule has 1 amide bonds. The van der Waals surface area contributed by atoms with Crippen molar-refractivity contribution in [3.63, 3.8) is 0 Å². The third-order valence-electron chi connectivity index (χ3n) is 4.11. The van der Waals surface area contributed by atoms with Gasteiger partial charge in [-0.15, -0.1) is 0 Å². The Kier molecular flexibility index (Phi) is 5.90. The maximum atomic E-state index is 11.4. The number of nitrogens with zero attached hydrogens (tertiary/aromatic N) is 4. The minimum atomic E-state index is -0.505. The molecule has 1 unspecified atom stereocenters. The summed E-state index contributed by atoms with van der Waals surface area (Å²) in [7, 11) is 0. The van der Waals surface area contributed by atoms with Gasteiger partial charge >= 0.3 is 0 Å². The van der Waals surface area contributed by atoms with Gasteiger partial charge in [0.15, 0.2) is 0 Å². The van der Waals surface area contributed by atoms with Crippen molar-refractivity contribution in [1.29, 1.82) is 5.26 Å². The van der Waals surface area contributed by atoms with Crippen molar-refractivity contribution >= 4 is 30.0 Å². The summed E-state index contributed by atoms with van der Waals surface area (Å²) in [6.45, 7) is 5.30. The number of rotatable bonds is 5. The van der Waals surface area contributed by atoms with Crippen LogP contribution in [0.2, 0.25) is 0 Å². The molecule has 1 atom stereocenters. The van der Waals surface area contributed by atoms with Crippen LogP contribution in [0.5, 0.6) is 0 Å². The van der Waals surface area contributed by atoms with E-state index in [1.54, 1.807) is 24.3 Å². The van der Waals surface area contributed by atoms with E-state index in [2.05, 4.69) is 45.5 Å². The van der Waals surface area contributed by atoms with Crippen LogP contribution in [-0.2, 0) is 4.79 Å². The highest BCUT2D eigenvalue weighted by molar-refractivity contribution is 7.80. The number of carbonyl (C=O) groups is 1. The number of benzene rings is 1. The van der Waals surface area contributed by atoms with E-state index in [9.17, 15) is 10.1 Å². The molecule has 0 aliphatic rings. The van der Waals surface area contributed by atoms with E-state index in [0.29, 0.717) is 28.5 Å². The Hall–Kier alpha value is -3.70. The molecule has 144 valence electrons. The summed E-state index contributed by atoms with van der Waals surface area (Å²) in [4.78, 5) is 24.7. The van der Waals surface area contributed by atoms with Crippen LogP contribution in [0.1, 0.15) is 28.0 Å². The Bertz CT molecular complexity index is 1120. The smallest absolute Gasteiger partial charge is 0.247 e. The van der Waals surface area contributed by atoms with Crippen molar-refractivity contribution < 1.29 is 4.79 Å². The minimum Gasteiger partial charge on any atom is -0.382 e. The number of carbonyl (C=O) groups excluding carboxylic acids is 1. The average Bonchev–Trinajstić information content (AvgIpc) is 2.73. The number of anilines is 2. The normalized spacial score (nSPS) is 11.3. The highest BCUT2D eigenvalue weighted by Gasteiger charge is 2.20. The summed E-state index contributed by atoms with van der Waals surface area (Å²) in [5, 5.41) is 11.7. The van der Waals surface area contributed by atoms with E-state index in [0.717, 1.165) is 5.69 Å². The second-order valence-corrected chi connectivity index (χ2v) is 6.70. The number of hydrogen-bond donors (Lipinski definition) is 3. The molecule has 0 spiro atoms. The fourth-order valence-corrected chi connectivity index (χ4v) is 2.95. The highest BCUT2D eigenvalue weighted by atomic mass is 32.1. The second-order valence-electron chi connectivity index (χ2n) is 6.18. The van der Waals surface area contributed by atoms with Crippen molar-refractivity contribution in [2.24, 2.45) is 0 Å². The summed E-state index contributed by atoms with van der Waals surface area (Å²) in [6, 6.07) is 14.5. The third-order valence-corrected chi connectivity index (χ3v) is 4.61. The van der Waals surface area contributed by atoms with E-state index < -0.39 is 5.25 Å². The number of nitrogens with one attached hydrogen (secondary N) is 1. The summed E-state index contributed by atoms with van der Waals surface area (Å²) in [6.07, 6.45) is 1.19. The first-order valence-electron chi connectivity index (χ1n) is 8.66. The van der Waals surface area contributed by atoms with Crippen LogP contribution in [0.3, 0.4) is 0 Å². The molecule has 2 aromatic heterocycles. The van der Waals surface area contributed by atoms with E-state index in [1.807, 2.05) is 25.1 Å². The van der Waals surface area contributed by atoms with Crippen molar-refractivity contribution in [2.75, 3.05) is 11.1 Å². The molecular weight excluding hydrogens is 384 g/mol. The van der Waals surface area contributed by atoms with Crippen LogP contribution in [0.4, 0.5) is 11.5 Å². The van der Waals surface area contributed by atoms with E-state index in [4.69, 9.17) is 5.73 Å². The van der Waals surface area contributed by atoms with Gasteiger partial charge in [-0.1, -0.05) is 24.8 Å². The van der Waals surface area contributed by atoms with E-state index in [1.165, 1.54) is 6.08 Å². The summed E-state index contributed by atoms with van der Waals surface area (Å²) >= 11 is 4.61. The first kappa shape index (κ1) is 20.0. The Balaban J connectivity index is 2.03. The molecular formula is C21H18N6OS. The van der Waals surface area contributed by atoms with Gasteiger partial charge in [0, 0.05) is 16.9 Å². The largest absolute Gasteiger partial charge is 0.382 e. The zero-order chi connectivity index (χ0) is 21.0. The number of aryl methyl sites for hydroxylation is 1. The molecule has 8 heteroatoms. The number of thiol groups is 1. The standard InChI is InChI=1S/C21H18N6OS/c1-3-17(28)25-14-9-7-13(8-10-14)18-15(11-22)20(23)27-21(26-18)19(29)16-6-4-5-12(2)24-16/h3-10,19,29H,1H2,2H3,(H,25,28)(H2,23,26,27). The van der Waals surface area contributed by atoms with E-state index in [-0.39, 0.29) is 17.3 Å². The maximum absolute atomic E-state index is 11.4. The number of amides is 1. The van der Waals surface area contributed by atoms with Gasteiger partial charge in [-0.2, -0.15) is 17.9 Å². The van der Waals surface area contributed by atoms with Crippen LogP contribution in [0.25, 0.3) is 11.3 Å². The van der Waals surface area contributed by atoms with Gasteiger partial charge in [0.1, 0.15) is 28.5 Å². The number of nitrogen functional groups attached to an aromatic ring is 1. The lowest BCUT2D eigenvalue weighted by atomic mass is 10.1. The van der Waals surface area contributed by atoms with Gasteiger partial charge in [-0.05, 0) is 37.3 Å². The van der Waals surface area contributed by atoms with Crippen molar-refractivity contribution in [2.45, 2.75) is 12.2 Å². The van der Waals surface area contributed by atoms with Crippen LogP contribution in [-0.4, -0.2) is 20.9 Å². The number of pyridine rings is 1. The zero-order valence-corrected chi connectivity index (χ0v) is 16.5. The molecule has 2 heterocycles. The van der Waals surface area contributed by atoms with E-state index >= 15 is 0 Å². The molecule has 0 saturated heterocycles. The number of aromatic nitrogens is 3. The fourth-order valence-electron chi connectivity index (χ4n) is 2.69. The van der Waals surface area contributed by atoms with Gasteiger partial charge in [-0.3, -0.25) is 9.78 Å². The molecule has 0 radical (unpaired) electrons. The van der Waals surface area contributed by atoms with Crippen LogP contribution < -0.4 is 11.1 Å². The first-order valence-corrected chi connectivity index (χ1v) is 9.17. The topological polar surface area (TPSA) is 118 Å². The summed E-state index contributed by atoms with van der Waals surface area (Å²) in [5.41, 5.74) is 9.39. The Labute approximate surface area is 173 Å². The number of hydrogen-bond acceptors (Lipinski definition) is 7. The monoisotopic (exact) mass is 402 g/mol. The molecule has 0 fully saturated rings. The predicted octanol–water partition coefficient (Wildman–Crippen LogP) is 3.44. The molecule has 0 saturated carbocycles. The van der Waals surface area contributed by atoms with Crippen LogP contribution in [0, 0.1) is 18.3 Å². The molecule has 1 aromatic carbocycles. The molecule has 3 rings (SSSR count). The quantitative estimate of drug-likeness (QED) is 0.444. The van der Waals surface area contributed by atoms with Crippen LogP contribution in [0.15, 0.2) is 55.1 Å². The SMILES string of the molecule is C=CC(=O)Nc1ccc(-c2nc(C(S)c3cccc(C)n3)nc(N)c2C#N)cc1. The molecule has 7 nitrogen and oxygen atoms in total. The first-order chi connectivity index (χ1) is 13.9. The van der Waals surface area contributed by atoms with Gasteiger partial charge in [0.25, 0.3) is 0 Å². The Morgan fingerprint density at radius 3 is 2.59 bits per heavy atom. The summed E-state index contributed by atoms with van der Waals surface area (Å²) < 4.78 is 0. The Morgan fingerprint density at radius 2 is 1.97 bits per heavy atom. The van der Waals surface area contributed by atoms with Crippen molar-refractivity contribution in [1.82, 2.24) is 15.0 Å². The number of nitrogens with two attached hydrogens (primary N) is 1. The van der Waals surface area contributed by atoms with Crippen molar-refractivity contribution in [3.8, 4) is 17.3 Å². The van der Waals surface area contributed by atoms with Gasteiger partial charge < -0.3 is 11.1 Å². The summed E-state index contributed by atoms with van der Waals surface area (Å²) in [5.74, 6) is 0.109. The lowest BCUT2D eigenvalue weighted by Crippen LogP contribution is -2.09. The highest BCUT2D eigenvalue weighted by Crippen LogP contribution is 2.31. The van der Waals surface area contributed by atoms with Crippen molar-refractivity contribution in [3.05, 3.63) is 77.9 Å². The average molecular weight is 402 g/mol. The minimum absolute atomic E-state index is 0.0724. The molecule has 0 bridgehead atoms. The number of nitriles is 1. The van der Waals surface area contributed by atoms with Gasteiger partial charge in [0.2, 0.25) is 5.91 Å². The maximum Gasteiger partial charge on any atom is 0.247 e. The third kappa shape index (κ3) is 4.42. The molecule has 29 heavy (non-hydrogen) atoms. The Morgan fingerprint density at radius 1 is 1.24 bits per heavy atom. The lowest BCUT2D eigenvalue weighted by Gasteiger charge is -2.14. The lowest BCUT2D eigenvalue weighted by molar-refractivity contribution is -0.111. The zero-order valence-electron chi connectivity index (χ0n) is 15.6. The van der Waals surface area contributed by atoms with Crippen LogP contribution >= 0.6 is 12.6 Å². The predicted molar refractivity (Wildman–Crippen MR) is 115 cm³/mol. The molecule has 3 aromatic rings. The molecule has 0 aliphatic heterocycles. The second kappa shape index (κ2) is 8.54. The van der Waals surface area contributed by atoms with Gasteiger partial charge in [-0.25, -0.2) is 9.97 Å².